The molecule has 7 nitrogen and oxygen atoms in total. The number of aromatic nitrogens is 3. The van der Waals surface area contributed by atoms with Crippen molar-refractivity contribution in [2.75, 3.05) is 5.32 Å². The zero-order chi connectivity index (χ0) is 24.7. The summed E-state index contributed by atoms with van der Waals surface area (Å²) in [6.07, 6.45) is -2.86. The lowest BCUT2D eigenvalue weighted by Gasteiger charge is -2.39. The summed E-state index contributed by atoms with van der Waals surface area (Å²) in [6.45, 7) is 0.663. The Morgan fingerprint density at radius 2 is 2.00 bits per heavy atom. The Hall–Kier alpha value is -3.39. The lowest BCUT2D eigenvalue weighted by molar-refractivity contribution is -0.258. The van der Waals surface area contributed by atoms with Gasteiger partial charge >= 0.3 is 6.18 Å². The van der Waals surface area contributed by atoms with Crippen molar-refractivity contribution in [3.05, 3.63) is 52.4 Å². The van der Waals surface area contributed by atoms with Gasteiger partial charge in [-0.15, -0.1) is 0 Å². The highest BCUT2D eigenvalue weighted by molar-refractivity contribution is 5.91. The number of anilines is 2. The van der Waals surface area contributed by atoms with Gasteiger partial charge in [-0.2, -0.15) is 23.5 Å². The molecule has 0 unspecified atom stereocenters. The van der Waals surface area contributed by atoms with Crippen molar-refractivity contribution in [1.82, 2.24) is 14.8 Å². The molecule has 3 aromatic rings. The zero-order valence-electron chi connectivity index (χ0n) is 18.3. The minimum atomic E-state index is -4.86. The molecule has 11 heteroatoms. The van der Waals surface area contributed by atoms with E-state index in [0.29, 0.717) is 37.4 Å². The molecule has 0 radical (unpaired) electrons. The van der Waals surface area contributed by atoms with Crippen molar-refractivity contribution in [1.29, 1.82) is 5.26 Å². The lowest BCUT2D eigenvalue weighted by atomic mass is 9.78. The third-order valence-corrected chi connectivity index (χ3v) is 6.57. The third-order valence-electron chi connectivity index (χ3n) is 6.57. The summed E-state index contributed by atoms with van der Waals surface area (Å²) in [5.74, 6) is 0.0854. The molecule has 1 saturated carbocycles. The van der Waals surface area contributed by atoms with Crippen LogP contribution in [0.2, 0.25) is 0 Å². The highest BCUT2D eigenvalue weighted by atomic mass is 19.4. The smallest absolute Gasteiger partial charge is 0.376 e. The fourth-order valence-electron chi connectivity index (χ4n) is 4.51. The van der Waals surface area contributed by atoms with Crippen molar-refractivity contribution in [2.24, 2.45) is 0 Å². The maximum atomic E-state index is 15.3. The van der Waals surface area contributed by atoms with Crippen molar-refractivity contribution < 1.29 is 22.7 Å². The molecule has 1 aliphatic rings. The number of benzene rings is 1. The average molecular weight is 477 g/mol. The molecule has 3 N–H and O–H groups in total. The minimum Gasteiger partial charge on any atom is -0.376 e. The Labute approximate surface area is 192 Å². The Balaban J connectivity index is 1.78. The number of nitriles is 1. The van der Waals surface area contributed by atoms with Crippen LogP contribution in [0.4, 0.5) is 29.1 Å². The second-order valence-electron chi connectivity index (χ2n) is 8.75. The van der Waals surface area contributed by atoms with Gasteiger partial charge < -0.3 is 15.4 Å². The molecule has 0 bridgehead atoms. The van der Waals surface area contributed by atoms with E-state index in [9.17, 15) is 28.3 Å². The number of nitrogens with zero attached hydrogens (tertiary/aromatic N) is 3. The molecule has 0 aliphatic heterocycles. The zero-order valence-corrected chi connectivity index (χ0v) is 18.3. The largest absolute Gasteiger partial charge is 0.421 e. The number of aromatic amines is 1. The van der Waals surface area contributed by atoms with Gasteiger partial charge in [-0.3, -0.25) is 9.48 Å². The van der Waals surface area contributed by atoms with Crippen LogP contribution in [0, 0.1) is 11.3 Å². The second kappa shape index (κ2) is 8.43. The van der Waals surface area contributed by atoms with E-state index in [4.69, 9.17) is 0 Å². The number of hydrogen-bond donors (Lipinski definition) is 3. The highest BCUT2D eigenvalue weighted by Gasteiger charge is 2.51. The molecule has 2 aromatic heterocycles. The summed E-state index contributed by atoms with van der Waals surface area (Å²) in [4.78, 5) is 15.2. The number of aliphatic hydroxyl groups is 1. The van der Waals surface area contributed by atoms with Gasteiger partial charge in [0.15, 0.2) is 11.4 Å². The van der Waals surface area contributed by atoms with Crippen LogP contribution < -0.4 is 10.9 Å². The fraction of sp³-hybridized carbons (Fsp3) is 0.435. The van der Waals surface area contributed by atoms with Gasteiger partial charge in [0.1, 0.15) is 17.1 Å². The number of alkyl halides is 4. The molecule has 0 saturated heterocycles. The predicted octanol–water partition coefficient (Wildman–Crippen LogP) is 4.76. The van der Waals surface area contributed by atoms with Gasteiger partial charge in [-0.1, -0.05) is 25.0 Å². The van der Waals surface area contributed by atoms with E-state index < -0.39 is 29.0 Å². The fourth-order valence-corrected chi connectivity index (χ4v) is 4.51. The van der Waals surface area contributed by atoms with Crippen molar-refractivity contribution >= 4 is 22.4 Å². The molecule has 4 rings (SSSR count). The molecule has 1 aliphatic carbocycles. The quantitative estimate of drug-likeness (QED) is 0.460. The number of nitrogens with one attached hydrogen (secondary N) is 2. The van der Waals surface area contributed by atoms with Crippen molar-refractivity contribution in [3.8, 4) is 6.07 Å². The summed E-state index contributed by atoms with van der Waals surface area (Å²) in [6, 6.07) is 8.52. The van der Waals surface area contributed by atoms with Gasteiger partial charge in [0.25, 0.3) is 5.56 Å². The average Bonchev–Trinajstić information content (AvgIpc) is 3.15. The maximum Gasteiger partial charge on any atom is 0.421 e. The number of halogens is 4. The molecule has 180 valence electrons. The Kier molecular flexibility index (Phi) is 5.89. The normalized spacial score (nSPS) is 22.8. The summed E-state index contributed by atoms with van der Waals surface area (Å²) in [5, 5.41) is 26.8. The molecular weight excluding hydrogens is 454 g/mol. The number of fused-ring (bicyclic) bond motifs is 1. The Morgan fingerprint density at radius 3 is 2.62 bits per heavy atom. The van der Waals surface area contributed by atoms with E-state index in [1.54, 1.807) is 6.07 Å². The van der Waals surface area contributed by atoms with Gasteiger partial charge in [-0.25, -0.2) is 4.39 Å². The van der Waals surface area contributed by atoms with Crippen LogP contribution in [0.5, 0.6) is 0 Å². The number of pyridine rings is 1. The molecule has 2 heterocycles. The second-order valence-corrected chi connectivity index (χ2v) is 8.75. The number of hydrogen-bond acceptors (Lipinski definition) is 5. The van der Waals surface area contributed by atoms with Crippen LogP contribution in [0.25, 0.3) is 10.9 Å². The molecule has 34 heavy (non-hydrogen) atoms. The summed E-state index contributed by atoms with van der Waals surface area (Å²) in [5.41, 5.74) is -4.43. The Bertz CT molecular complexity index is 1290. The SMILES string of the molecule is C[C@](O)(c1ccc(Nc2nn([C@@]3(CC#N)CCCC[C@H]3F)c3cc[nH]c(=O)c23)cc1)C(F)(F)F. The number of rotatable bonds is 5. The molecular formula is C23H23F4N5O2. The monoisotopic (exact) mass is 477 g/mol. The minimum absolute atomic E-state index is 0.0854. The summed E-state index contributed by atoms with van der Waals surface area (Å²) >= 11 is 0. The van der Waals surface area contributed by atoms with Crippen LogP contribution in [0.15, 0.2) is 41.3 Å². The maximum absolute atomic E-state index is 15.3. The van der Waals surface area contributed by atoms with Crippen LogP contribution in [-0.2, 0) is 11.1 Å². The summed E-state index contributed by atoms with van der Waals surface area (Å²) in [7, 11) is 0. The Morgan fingerprint density at radius 1 is 1.29 bits per heavy atom. The van der Waals surface area contributed by atoms with Crippen LogP contribution in [-0.4, -0.2) is 32.2 Å². The first-order chi connectivity index (χ1) is 16.0. The lowest BCUT2D eigenvalue weighted by Crippen LogP contribution is -2.45. The van der Waals surface area contributed by atoms with Crippen LogP contribution in [0.3, 0.4) is 0 Å². The number of H-pyrrole nitrogens is 1. The van der Waals surface area contributed by atoms with E-state index in [2.05, 4.69) is 21.5 Å². The third kappa shape index (κ3) is 3.81. The molecule has 1 aromatic carbocycles. The van der Waals surface area contributed by atoms with Crippen LogP contribution in [0.1, 0.15) is 44.6 Å². The summed E-state index contributed by atoms with van der Waals surface area (Å²) < 4.78 is 56.0. The predicted molar refractivity (Wildman–Crippen MR) is 117 cm³/mol. The van der Waals surface area contributed by atoms with Crippen LogP contribution >= 0.6 is 0 Å². The van der Waals surface area contributed by atoms with E-state index >= 15 is 4.39 Å². The van der Waals surface area contributed by atoms with E-state index in [0.717, 1.165) is 12.1 Å². The van der Waals surface area contributed by atoms with E-state index in [1.165, 1.54) is 23.0 Å². The van der Waals surface area contributed by atoms with Gasteiger partial charge in [-0.05, 0) is 43.5 Å². The van der Waals surface area contributed by atoms with Gasteiger partial charge in [0, 0.05) is 11.9 Å². The molecule has 1 fully saturated rings. The first-order valence-electron chi connectivity index (χ1n) is 10.8. The van der Waals surface area contributed by atoms with E-state index in [-0.39, 0.29) is 29.6 Å². The standard InChI is InChI=1S/C23H23F4N5O2/c1-21(34,23(25,26)27)14-5-7-15(8-6-14)30-19-18-16(9-13-29-20(18)33)32(31-19)22(11-12-28)10-3-2-4-17(22)24/h5-9,13,17,34H,2-4,10-11H2,1H3,(H,29,33)(H,30,31)/t17-,21+,22-/m1/s1. The van der Waals surface area contributed by atoms with E-state index in [1.807, 2.05) is 0 Å². The van der Waals surface area contributed by atoms with Crippen molar-refractivity contribution in [2.45, 2.75) is 62.5 Å². The first-order valence-corrected chi connectivity index (χ1v) is 10.8. The topological polar surface area (TPSA) is 107 Å². The molecule has 0 spiro atoms. The molecule has 0 amide bonds. The van der Waals surface area contributed by atoms with Crippen molar-refractivity contribution in [3.63, 3.8) is 0 Å². The van der Waals surface area contributed by atoms with Gasteiger partial charge in [0.2, 0.25) is 0 Å². The first kappa shape index (κ1) is 23.8. The highest BCUT2D eigenvalue weighted by Crippen LogP contribution is 2.42. The molecule has 3 atom stereocenters. The van der Waals surface area contributed by atoms with Gasteiger partial charge in [0.05, 0.1) is 18.0 Å².